The van der Waals surface area contributed by atoms with Gasteiger partial charge in [0.1, 0.15) is 5.82 Å². The van der Waals surface area contributed by atoms with E-state index in [4.69, 9.17) is 4.52 Å². The maximum absolute atomic E-state index is 13.8. The van der Waals surface area contributed by atoms with Crippen molar-refractivity contribution in [1.82, 2.24) is 30.1 Å². The number of piperidine rings is 2. The summed E-state index contributed by atoms with van der Waals surface area (Å²) in [5.41, 5.74) is 1.58. The van der Waals surface area contributed by atoms with E-state index in [0.29, 0.717) is 17.4 Å². The third-order valence-corrected chi connectivity index (χ3v) is 6.59. The second-order valence-corrected chi connectivity index (χ2v) is 8.57. The van der Waals surface area contributed by atoms with Gasteiger partial charge in [-0.3, -0.25) is 0 Å². The standard InChI is InChI=1S/C22H29FN6O/c1-2-19-18-4-3-17(23)13-20(18)29(26-19)22-25-21(30-27-22)16-7-11-28(12-8-16)14-15-5-9-24-10-6-15/h3-4,13,15-16,24H,2,5-12,14H2,1H3. The van der Waals surface area contributed by atoms with E-state index in [1.54, 1.807) is 10.7 Å². The highest BCUT2D eigenvalue weighted by molar-refractivity contribution is 5.83. The fourth-order valence-electron chi connectivity index (χ4n) is 4.84. The summed E-state index contributed by atoms with van der Waals surface area (Å²) in [5, 5.41) is 13.1. The first-order chi connectivity index (χ1) is 14.7. The van der Waals surface area contributed by atoms with Gasteiger partial charge in [0.2, 0.25) is 5.89 Å². The van der Waals surface area contributed by atoms with E-state index in [-0.39, 0.29) is 11.7 Å². The molecule has 30 heavy (non-hydrogen) atoms. The Morgan fingerprint density at radius 3 is 2.73 bits per heavy atom. The van der Waals surface area contributed by atoms with Crippen LogP contribution in [0, 0.1) is 11.7 Å². The number of halogens is 1. The first kappa shape index (κ1) is 19.6. The zero-order chi connectivity index (χ0) is 20.5. The van der Waals surface area contributed by atoms with Crippen molar-refractivity contribution in [1.29, 1.82) is 0 Å². The number of nitrogens with one attached hydrogen (secondary N) is 1. The average molecular weight is 413 g/mol. The van der Waals surface area contributed by atoms with Crippen molar-refractivity contribution in [2.24, 2.45) is 5.92 Å². The zero-order valence-electron chi connectivity index (χ0n) is 17.5. The Morgan fingerprint density at radius 1 is 1.17 bits per heavy atom. The lowest BCUT2D eigenvalue weighted by atomic mass is 9.93. The molecule has 5 rings (SSSR count). The monoisotopic (exact) mass is 412 g/mol. The van der Waals surface area contributed by atoms with Crippen LogP contribution in [0.5, 0.6) is 0 Å². The van der Waals surface area contributed by atoms with Crippen LogP contribution >= 0.6 is 0 Å². The third-order valence-electron chi connectivity index (χ3n) is 6.59. The Kier molecular flexibility index (Phi) is 5.52. The number of rotatable bonds is 5. The number of nitrogens with zero attached hydrogens (tertiary/aromatic N) is 5. The molecule has 2 aliphatic rings. The summed E-state index contributed by atoms with van der Waals surface area (Å²) in [6.07, 6.45) is 5.38. The van der Waals surface area contributed by atoms with E-state index in [2.05, 4.69) is 25.5 Å². The van der Waals surface area contributed by atoms with Gasteiger partial charge in [0, 0.05) is 23.9 Å². The molecule has 0 saturated carbocycles. The van der Waals surface area contributed by atoms with E-state index in [9.17, 15) is 4.39 Å². The molecule has 2 aromatic heterocycles. The molecule has 2 saturated heterocycles. The fourth-order valence-corrected chi connectivity index (χ4v) is 4.84. The minimum absolute atomic E-state index is 0.278. The summed E-state index contributed by atoms with van der Waals surface area (Å²) in [7, 11) is 0. The van der Waals surface area contributed by atoms with Crippen LogP contribution in [-0.2, 0) is 6.42 Å². The highest BCUT2D eigenvalue weighted by Gasteiger charge is 2.27. The molecule has 0 amide bonds. The molecule has 3 aromatic rings. The Labute approximate surface area is 175 Å². The van der Waals surface area contributed by atoms with Gasteiger partial charge < -0.3 is 14.7 Å². The van der Waals surface area contributed by atoms with Crippen molar-refractivity contribution in [2.45, 2.75) is 44.9 Å². The molecule has 4 heterocycles. The third kappa shape index (κ3) is 3.86. The molecular weight excluding hydrogens is 383 g/mol. The van der Waals surface area contributed by atoms with Gasteiger partial charge in [-0.1, -0.05) is 6.92 Å². The number of fused-ring (bicyclic) bond motifs is 1. The maximum atomic E-state index is 13.8. The van der Waals surface area contributed by atoms with Crippen LogP contribution in [0.25, 0.3) is 16.9 Å². The Morgan fingerprint density at radius 2 is 1.97 bits per heavy atom. The number of hydrogen-bond acceptors (Lipinski definition) is 6. The number of hydrogen-bond donors (Lipinski definition) is 1. The molecule has 1 aromatic carbocycles. The SMILES string of the molecule is CCc1nn(-c2noc(C3CCN(CC4CCNCC4)CC3)n2)c2cc(F)ccc12. The molecule has 2 aliphatic heterocycles. The molecule has 0 atom stereocenters. The summed E-state index contributed by atoms with van der Waals surface area (Å²) in [6, 6.07) is 4.72. The molecule has 1 N–H and O–H groups in total. The van der Waals surface area contributed by atoms with Gasteiger partial charge in [0.15, 0.2) is 0 Å². The van der Waals surface area contributed by atoms with Crippen LogP contribution in [0.1, 0.15) is 50.1 Å². The Bertz CT molecular complexity index is 1000. The predicted octanol–water partition coefficient (Wildman–Crippen LogP) is 3.29. The lowest BCUT2D eigenvalue weighted by Crippen LogP contribution is -2.39. The van der Waals surface area contributed by atoms with Crippen LogP contribution in [0.2, 0.25) is 0 Å². The fraction of sp³-hybridized carbons (Fsp3) is 0.591. The van der Waals surface area contributed by atoms with E-state index in [1.165, 1.54) is 31.5 Å². The molecule has 0 bridgehead atoms. The van der Waals surface area contributed by atoms with Crippen molar-refractivity contribution in [3.05, 3.63) is 35.6 Å². The summed E-state index contributed by atoms with van der Waals surface area (Å²) in [5.74, 6) is 1.86. The lowest BCUT2D eigenvalue weighted by molar-refractivity contribution is 0.157. The van der Waals surface area contributed by atoms with Crippen molar-refractivity contribution in [3.8, 4) is 5.95 Å². The topological polar surface area (TPSA) is 72.0 Å². The largest absolute Gasteiger partial charge is 0.337 e. The summed E-state index contributed by atoms with van der Waals surface area (Å²) >= 11 is 0. The van der Waals surface area contributed by atoms with Gasteiger partial charge >= 0.3 is 0 Å². The number of likely N-dealkylation sites (tertiary alicyclic amines) is 1. The van der Waals surface area contributed by atoms with Crippen molar-refractivity contribution in [3.63, 3.8) is 0 Å². The van der Waals surface area contributed by atoms with Gasteiger partial charge in [0.05, 0.1) is 11.2 Å². The Balaban J connectivity index is 1.29. The molecule has 2 fully saturated rings. The van der Waals surface area contributed by atoms with E-state index < -0.39 is 0 Å². The maximum Gasteiger partial charge on any atom is 0.291 e. The molecule has 7 nitrogen and oxygen atoms in total. The molecule has 0 unspecified atom stereocenters. The highest BCUT2D eigenvalue weighted by atomic mass is 19.1. The smallest absolute Gasteiger partial charge is 0.291 e. The molecule has 160 valence electrons. The second kappa shape index (κ2) is 8.43. The van der Waals surface area contributed by atoms with Crippen molar-refractivity contribution >= 4 is 10.9 Å². The normalized spacial score (nSPS) is 19.7. The highest BCUT2D eigenvalue weighted by Crippen LogP contribution is 2.29. The lowest BCUT2D eigenvalue weighted by Gasteiger charge is -2.34. The molecule has 0 radical (unpaired) electrons. The summed E-state index contributed by atoms with van der Waals surface area (Å²) in [4.78, 5) is 7.23. The molecule has 0 aliphatic carbocycles. The molecular formula is C22H29FN6O. The number of aryl methyl sites for hydroxylation is 1. The molecule has 8 heteroatoms. The van der Waals surface area contributed by atoms with Crippen molar-refractivity contribution < 1.29 is 8.91 Å². The van der Waals surface area contributed by atoms with Gasteiger partial charge in [-0.05, 0) is 81.5 Å². The van der Waals surface area contributed by atoms with E-state index in [1.807, 2.05) is 6.92 Å². The number of benzene rings is 1. The zero-order valence-corrected chi connectivity index (χ0v) is 17.5. The van der Waals surface area contributed by atoms with Gasteiger partial charge in [0.25, 0.3) is 5.95 Å². The van der Waals surface area contributed by atoms with E-state index in [0.717, 1.165) is 62.4 Å². The molecule has 0 spiro atoms. The quantitative estimate of drug-likeness (QED) is 0.693. The van der Waals surface area contributed by atoms with Gasteiger partial charge in [-0.25, -0.2) is 4.39 Å². The van der Waals surface area contributed by atoms with Crippen LogP contribution in [0.4, 0.5) is 4.39 Å². The first-order valence-corrected chi connectivity index (χ1v) is 11.2. The summed E-state index contributed by atoms with van der Waals surface area (Å²) in [6.45, 7) is 7.68. The summed E-state index contributed by atoms with van der Waals surface area (Å²) < 4.78 is 21.1. The van der Waals surface area contributed by atoms with Crippen LogP contribution in [-0.4, -0.2) is 57.5 Å². The van der Waals surface area contributed by atoms with Gasteiger partial charge in [-0.15, -0.1) is 0 Å². The van der Waals surface area contributed by atoms with Crippen LogP contribution in [0.15, 0.2) is 22.7 Å². The minimum atomic E-state index is -0.295. The predicted molar refractivity (Wildman–Crippen MR) is 112 cm³/mol. The van der Waals surface area contributed by atoms with Crippen LogP contribution < -0.4 is 5.32 Å². The van der Waals surface area contributed by atoms with E-state index >= 15 is 0 Å². The average Bonchev–Trinajstić information content (AvgIpc) is 3.39. The second-order valence-electron chi connectivity index (χ2n) is 8.57. The van der Waals surface area contributed by atoms with Crippen LogP contribution in [0.3, 0.4) is 0 Å². The van der Waals surface area contributed by atoms with Gasteiger partial charge in [-0.2, -0.15) is 14.8 Å². The first-order valence-electron chi connectivity index (χ1n) is 11.2. The van der Waals surface area contributed by atoms with Crippen molar-refractivity contribution in [2.75, 3.05) is 32.7 Å². The Hall–Kier alpha value is -2.32. The minimum Gasteiger partial charge on any atom is -0.337 e. The number of aromatic nitrogens is 4.